The van der Waals surface area contributed by atoms with Gasteiger partial charge in [-0.2, -0.15) is 0 Å². The summed E-state index contributed by atoms with van der Waals surface area (Å²) in [6.45, 7) is 5.81. The zero-order chi connectivity index (χ0) is 20.1. The largest absolute Gasteiger partial charge is 0.454 e. The normalized spacial score (nSPS) is 15.4. The number of anilines is 1. The van der Waals surface area contributed by atoms with Crippen LogP contribution in [0.4, 0.5) is 10.5 Å². The molecule has 1 fully saturated rings. The maximum absolute atomic E-state index is 12.6. The van der Waals surface area contributed by atoms with Gasteiger partial charge in [0.1, 0.15) is 0 Å². The van der Waals surface area contributed by atoms with Crippen LogP contribution in [0.2, 0.25) is 0 Å². The summed E-state index contributed by atoms with van der Waals surface area (Å²) >= 11 is 0. The third-order valence-corrected chi connectivity index (χ3v) is 4.76. The Kier molecular flexibility index (Phi) is 6.23. The molecule has 0 aliphatic carbocycles. The van der Waals surface area contributed by atoms with Crippen LogP contribution in [0, 0.1) is 0 Å². The number of benzene rings is 1. The summed E-state index contributed by atoms with van der Waals surface area (Å²) in [7, 11) is 0. The Balaban J connectivity index is 1.54. The molecule has 0 bridgehead atoms. The minimum absolute atomic E-state index is 0.0458. The van der Waals surface area contributed by atoms with Crippen molar-refractivity contribution in [2.45, 2.75) is 20.3 Å². The molecule has 28 heavy (non-hydrogen) atoms. The highest BCUT2D eigenvalue weighted by Gasteiger charge is 2.25. The van der Waals surface area contributed by atoms with Crippen LogP contribution in [-0.2, 0) is 14.3 Å². The van der Waals surface area contributed by atoms with Gasteiger partial charge in [0.05, 0.1) is 6.61 Å². The maximum atomic E-state index is 12.6. The molecule has 2 aliphatic rings. The van der Waals surface area contributed by atoms with E-state index in [0.717, 1.165) is 0 Å². The van der Waals surface area contributed by atoms with Crippen molar-refractivity contribution in [2.24, 2.45) is 0 Å². The van der Waals surface area contributed by atoms with E-state index in [9.17, 15) is 14.4 Å². The molecule has 2 heterocycles. The Hall–Kier alpha value is -2.97. The molecule has 9 heteroatoms. The van der Waals surface area contributed by atoms with E-state index in [4.69, 9.17) is 14.2 Å². The minimum atomic E-state index is -0.347. The summed E-state index contributed by atoms with van der Waals surface area (Å²) < 4.78 is 15.6. The number of rotatable bonds is 5. The number of amides is 3. The van der Waals surface area contributed by atoms with Crippen LogP contribution in [0.3, 0.4) is 0 Å². The SMILES string of the molecule is CCOC(=O)N1CCN(C(=O)CCN(C(C)=O)c2ccc3c(c2)OCO3)CC1. The standard InChI is InChI=1S/C19H25N3O6/c1-3-26-19(25)21-10-8-20(9-11-21)18(24)6-7-22(14(2)23)15-4-5-16-17(12-15)28-13-27-16/h4-5,12H,3,6-11,13H2,1-2H3. The van der Waals surface area contributed by atoms with Gasteiger partial charge in [-0.3, -0.25) is 9.59 Å². The lowest BCUT2D eigenvalue weighted by Crippen LogP contribution is -2.51. The van der Waals surface area contributed by atoms with Crippen LogP contribution < -0.4 is 14.4 Å². The summed E-state index contributed by atoms with van der Waals surface area (Å²) in [6.07, 6.45) is -0.145. The van der Waals surface area contributed by atoms with E-state index >= 15 is 0 Å². The van der Waals surface area contributed by atoms with Gasteiger partial charge in [-0.1, -0.05) is 0 Å². The first-order valence-electron chi connectivity index (χ1n) is 9.37. The van der Waals surface area contributed by atoms with Crippen molar-refractivity contribution in [3.63, 3.8) is 0 Å². The zero-order valence-electron chi connectivity index (χ0n) is 16.2. The molecule has 0 atom stereocenters. The fourth-order valence-electron chi connectivity index (χ4n) is 3.24. The minimum Gasteiger partial charge on any atom is -0.454 e. The molecule has 0 radical (unpaired) electrons. The Morgan fingerprint density at radius 1 is 1.07 bits per heavy atom. The molecular formula is C19H25N3O6. The van der Waals surface area contributed by atoms with Gasteiger partial charge in [-0.15, -0.1) is 0 Å². The molecule has 1 aromatic rings. The average molecular weight is 391 g/mol. The lowest BCUT2D eigenvalue weighted by Gasteiger charge is -2.34. The van der Waals surface area contributed by atoms with E-state index < -0.39 is 0 Å². The van der Waals surface area contributed by atoms with Gasteiger partial charge < -0.3 is 28.9 Å². The van der Waals surface area contributed by atoms with Crippen molar-refractivity contribution in [3.05, 3.63) is 18.2 Å². The Labute approximate surface area is 163 Å². The molecule has 0 unspecified atom stereocenters. The molecule has 3 amide bonds. The summed E-state index contributed by atoms with van der Waals surface area (Å²) in [6, 6.07) is 5.27. The van der Waals surface area contributed by atoms with Gasteiger partial charge in [-0.05, 0) is 19.1 Å². The first kappa shape index (κ1) is 19.8. The van der Waals surface area contributed by atoms with Crippen molar-refractivity contribution in [2.75, 3.05) is 51.0 Å². The molecule has 0 N–H and O–H groups in total. The van der Waals surface area contributed by atoms with Gasteiger partial charge in [0, 0.05) is 57.8 Å². The second-order valence-electron chi connectivity index (χ2n) is 6.52. The molecule has 0 spiro atoms. The van der Waals surface area contributed by atoms with E-state index in [1.807, 2.05) is 0 Å². The van der Waals surface area contributed by atoms with Gasteiger partial charge in [0.15, 0.2) is 11.5 Å². The molecule has 152 valence electrons. The second-order valence-corrected chi connectivity index (χ2v) is 6.52. The molecule has 1 saturated heterocycles. The number of piperazine rings is 1. The van der Waals surface area contributed by atoms with Crippen LogP contribution in [0.1, 0.15) is 20.3 Å². The van der Waals surface area contributed by atoms with E-state index in [2.05, 4.69) is 0 Å². The fraction of sp³-hybridized carbons (Fsp3) is 0.526. The van der Waals surface area contributed by atoms with Crippen molar-refractivity contribution in [1.82, 2.24) is 9.80 Å². The number of hydrogen-bond donors (Lipinski definition) is 0. The van der Waals surface area contributed by atoms with Crippen LogP contribution in [0.5, 0.6) is 11.5 Å². The van der Waals surface area contributed by atoms with Gasteiger partial charge >= 0.3 is 6.09 Å². The first-order valence-corrected chi connectivity index (χ1v) is 9.37. The highest BCUT2D eigenvalue weighted by atomic mass is 16.7. The fourth-order valence-corrected chi connectivity index (χ4v) is 3.24. The van der Waals surface area contributed by atoms with Crippen LogP contribution >= 0.6 is 0 Å². The number of carbonyl (C=O) groups excluding carboxylic acids is 3. The first-order chi connectivity index (χ1) is 13.5. The van der Waals surface area contributed by atoms with Crippen molar-refractivity contribution < 1.29 is 28.6 Å². The average Bonchev–Trinajstić information content (AvgIpc) is 3.16. The lowest BCUT2D eigenvalue weighted by atomic mass is 10.2. The zero-order valence-corrected chi connectivity index (χ0v) is 16.2. The number of carbonyl (C=O) groups is 3. The van der Waals surface area contributed by atoms with Crippen molar-refractivity contribution in [1.29, 1.82) is 0 Å². The molecule has 0 saturated carbocycles. The van der Waals surface area contributed by atoms with Crippen molar-refractivity contribution >= 4 is 23.6 Å². The topological polar surface area (TPSA) is 88.6 Å². The molecule has 0 aromatic heterocycles. The number of hydrogen-bond acceptors (Lipinski definition) is 6. The van der Waals surface area contributed by atoms with Gasteiger partial charge in [0.2, 0.25) is 18.6 Å². The Morgan fingerprint density at radius 2 is 1.75 bits per heavy atom. The predicted octanol–water partition coefficient (Wildman–Crippen LogP) is 1.46. The van der Waals surface area contributed by atoms with E-state index in [1.54, 1.807) is 39.8 Å². The number of nitrogens with zero attached hydrogens (tertiary/aromatic N) is 3. The molecule has 1 aromatic carbocycles. The maximum Gasteiger partial charge on any atom is 0.409 e. The summed E-state index contributed by atoms with van der Waals surface area (Å²) in [5, 5.41) is 0. The summed E-state index contributed by atoms with van der Waals surface area (Å²) in [4.78, 5) is 41.2. The smallest absolute Gasteiger partial charge is 0.409 e. The Morgan fingerprint density at radius 3 is 2.43 bits per heavy atom. The van der Waals surface area contributed by atoms with Gasteiger partial charge in [0.25, 0.3) is 0 Å². The van der Waals surface area contributed by atoms with Gasteiger partial charge in [-0.25, -0.2) is 4.79 Å². The van der Waals surface area contributed by atoms with E-state index in [0.29, 0.717) is 50.0 Å². The van der Waals surface area contributed by atoms with E-state index in [1.165, 1.54) is 6.92 Å². The lowest BCUT2D eigenvalue weighted by molar-refractivity contribution is -0.132. The van der Waals surface area contributed by atoms with Crippen molar-refractivity contribution in [3.8, 4) is 11.5 Å². The number of fused-ring (bicyclic) bond motifs is 1. The summed E-state index contributed by atoms with van der Waals surface area (Å²) in [5.74, 6) is 1.03. The number of ether oxygens (including phenoxy) is 3. The summed E-state index contributed by atoms with van der Waals surface area (Å²) in [5.41, 5.74) is 0.664. The van der Waals surface area contributed by atoms with Crippen LogP contribution in [0.25, 0.3) is 0 Å². The molecule has 2 aliphatic heterocycles. The quantitative estimate of drug-likeness (QED) is 0.755. The van der Waals surface area contributed by atoms with E-state index in [-0.39, 0.29) is 37.7 Å². The highest BCUT2D eigenvalue weighted by Crippen LogP contribution is 2.35. The molecule has 9 nitrogen and oxygen atoms in total. The Bertz CT molecular complexity index is 745. The molecular weight excluding hydrogens is 366 g/mol. The van der Waals surface area contributed by atoms with Crippen LogP contribution in [-0.4, -0.2) is 73.8 Å². The monoisotopic (exact) mass is 391 g/mol. The molecule has 3 rings (SSSR count). The third kappa shape index (κ3) is 4.47. The second kappa shape index (κ2) is 8.81. The van der Waals surface area contributed by atoms with Crippen LogP contribution in [0.15, 0.2) is 18.2 Å². The predicted molar refractivity (Wildman–Crippen MR) is 100 cm³/mol. The highest BCUT2D eigenvalue weighted by molar-refractivity contribution is 5.92. The third-order valence-electron chi connectivity index (χ3n) is 4.76.